The Bertz CT molecular complexity index is 717. The molecular formula is C22H30N4O. The van der Waals surface area contributed by atoms with Gasteiger partial charge in [0.05, 0.1) is 5.56 Å². The molecule has 5 heteroatoms. The van der Waals surface area contributed by atoms with Gasteiger partial charge in [-0.05, 0) is 43.9 Å². The maximum Gasteiger partial charge on any atom is 0.255 e. The largest absolute Gasteiger partial charge is 0.342 e. The molecule has 1 amide bonds. The summed E-state index contributed by atoms with van der Waals surface area (Å²) in [5.41, 5.74) is 9.78. The number of unbranched alkanes of at least 4 members (excludes halogenated alkanes) is 2. The molecule has 0 radical (unpaired) electrons. The van der Waals surface area contributed by atoms with Crippen molar-refractivity contribution in [3.63, 3.8) is 0 Å². The first-order valence-electron chi connectivity index (χ1n) is 9.87. The summed E-state index contributed by atoms with van der Waals surface area (Å²) < 4.78 is 0. The molecule has 27 heavy (non-hydrogen) atoms. The number of aromatic nitrogens is 1. The second-order valence-electron chi connectivity index (χ2n) is 7.45. The van der Waals surface area contributed by atoms with Crippen molar-refractivity contribution >= 4 is 5.91 Å². The summed E-state index contributed by atoms with van der Waals surface area (Å²) in [7, 11) is 1.87. The molecule has 2 aromatic rings. The zero-order valence-corrected chi connectivity index (χ0v) is 16.3. The maximum absolute atomic E-state index is 12.4. The van der Waals surface area contributed by atoms with Gasteiger partial charge >= 0.3 is 0 Å². The molecule has 2 heterocycles. The highest BCUT2D eigenvalue weighted by Crippen LogP contribution is 2.24. The standard InChI is InChI=1S/C22H30N4O/c1-17-12-13-19(16-23-17)22(27)26(2)14-8-4-7-11-20-15-21(25-24-20)18-9-5-3-6-10-18/h3,5-6,9-10,12-13,16,20-21,24-25H,4,7-8,11,14-15H2,1-2H3. The molecule has 2 unspecified atom stereocenters. The number of carbonyl (C=O) groups is 1. The first kappa shape index (κ1) is 19.5. The van der Waals surface area contributed by atoms with Crippen LogP contribution in [-0.4, -0.2) is 35.4 Å². The molecule has 5 nitrogen and oxygen atoms in total. The number of benzene rings is 1. The second-order valence-corrected chi connectivity index (χ2v) is 7.45. The van der Waals surface area contributed by atoms with Crippen LogP contribution in [0.25, 0.3) is 0 Å². The second kappa shape index (κ2) is 9.62. The van der Waals surface area contributed by atoms with Crippen LogP contribution in [-0.2, 0) is 0 Å². The zero-order chi connectivity index (χ0) is 19.1. The van der Waals surface area contributed by atoms with Crippen LogP contribution in [0, 0.1) is 6.92 Å². The van der Waals surface area contributed by atoms with E-state index in [1.54, 1.807) is 11.1 Å². The molecule has 0 spiro atoms. The number of hydrogen-bond donors (Lipinski definition) is 2. The van der Waals surface area contributed by atoms with Crippen LogP contribution in [0.15, 0.2) is 48.7 Å². The maximum atomic E-state index is 12.4. The van der Waals surface area contributed by atoms with Crippen molar-refractivity contribution < 1.29 is 4.79 Å². The van der Waals surface area contributed by atoms with E-state index in [0.29, 0.717) is 17.6 Å². The molecule has 2 N–H and O–H groups in total. The summed E-state index contributed by atoms with van der Waals surface area (Å²) in [6, 6.07) is 15.3. The van der Waals surface area contributed by atoms with Gasteiger partial charge in [-0.3, -0.25) is 20.6 Å². The van der Waals surface area contributed by atoms with Gasteiger partial charge in [0, 0.05) is 37.6 Å². The number of amides is 1. The third-order valence-corrected chi connectivity index (χ3v) is 5.23. The van der Waals surface area contributed by atoms with Crippen molar-refractivity contribution in [2.75, 3.05) is 13.6 Å². The van der Waals surface area contributed by atoms with Gasteiger partial charge in [0.15, 0.2) is 0 Å². The number of hydrazine groups is 1. The van der Waals surface area contributed by atoms with E-state index in [1.165, 1.54) is 12.0 Å². The number of carbonyl (C=O) groups excluding carboxylic acids is 1. The smallest absolute Gasteiger partial charge is 0.255 e. The predicted octanol–water partition coefficient (Wildman–Crippen LogP) is 3.63. The van der Waals surface area contributed by atoms with Crippen LogP contribution < -0.4 is 10.9 Å². The molecule has 1 fully saturated rings. The first-order valence-corrected chi connectivity index (χ1v) is 9.87. The molecule has 0 aliphatic carbocycles. The fourth-order valence-corrected chi connectivity index (χ4v) is 3.55. The van der Waals surface area contributed by atoms with E-state index in [0.717, 1.165) is 37.9 Å². The quantitative estimate of drug-likeness (QED) is 0.701. The Morgan fingerprint density at radius 2 is 1.93 bits per heavy atom. The normalized spacial score (nSPS) is 19.2. The first-order chi connectivity index (χ1) is 13.1. The Morgan fingerprint density at radius 1 is 1.11 bits per heavy atom. The molecule has 1 aromatic heterocycles. The van der Waals surface area contributed by atoms with Gasteiger partial charge in [-0.15, -0.1) is 0 Å². The van der Waals surface area contributed by atoms with Gasteiger partial charge in [-0.2, -0.15) is 0 Å². The Morgan fingerprint density at radius 3 is 2.67 bits per heavy atom. The fraction of sp³-hybridized carbons (Fsp3) is 0.455. The Hall–Kier alpha value is -2.24. The highest BCUT2D eigenvalue weighted by Gasteiger charge is 2.24. The third-order valence-electron chi connectivity index (χ3n) is 5.23. The molecule has 3 rings (SSSR count). The molecule has 2 atom stereocenters. The number of nitrogens with one attached hydrogen (secondary N) is 2. The van der Waals surface area contributed by atoms with E-state index in [-0.39, 0.29) is 5.91 Å². The monoisotopic (exact) mass is 366 g/mol. The van der Waals surface area contributed by atoms with E-state index in [9.17, 15) is 4.79 Å². The fourth-order valence-electron chi connectivity index (χ4n) is 3.55. The number of rotatable bonds is 8. The average Bonchev–Trinajstić information content (AvgIpc) is 3.17. The van der Waals surface area contributed by atoms with E-state index >= 15 is 0 Å². The van der Waals surface area contributed by atoms with Crippen molar-refractivity contribution in [3.8, 4) is 0 Å². The Balaban J connectivity index is 1.31. The van der Waals surface area contributed by atoms with Gasteiger partial charge in [0.1, 0.15) is 0 Å². The highest BCUT2D eigenvalue weighted by atomic mass is 16.2. The highest BCUT2D eigenvalue weighted by molar-refractivity contribution is 5.93. The van der Waals surface area contributed by atoms with Gasteiger partial charge in [0.25, 0.3) is 5.91 Å². The molecule has 1 aliphatic heterocycles. The number of hydrogen-bond acceptors (Lipinski definition) is 4. The van der Waals surface area contributed by atoms with Gasteiger partial charge < -0.3 is 4.90 Å². The van der Waals surface area contributed by atoms with Crippen LogP contribution in [0.4, 0.5) is 0 Å². The lowest BCUT2D eigenvalue weighted by Crippen LogP contribution is -2.30. The minimum Gasteiger partial charge on any atom is -0.342 e. The molecule has 1 aliphatic rings. The lowest BCUT2D eigenvalue weighted by atomic mass is 9.99. The molecular weight excluding hydrogens is 336 g/mol. The van der Waals surface area contributed by atoms with Gasteiger partial charge in [0.2, 0.25) is 0 Å². The van der Waals surface area contributed by atoms with Gasteiger partial charge in [-0.25, -0.2) is 0 Å². The van der Waals surface area contributed by atoms with Crippen molar-refractivity contribution in [3.05, 3.63) is 65.5 Å². The van der Waals surface area contributed by atoms with E-state index in [1.807, 2.05) is 26.1 Å². The summed E-state index contributed by atoms with van der Waals surface area (Å²) in [6.07, 6.45) is 7.30. The van der Waals surface area contributed by atoms with Gasteiger partial charge in [-0.1, -0.05) is 43.2 Å². The molecule has 0 saturated carbocycles. The topological polar surface area (TPSA) is 57.3 Å². The Labute approximate surface area is 162 Å². The summed E-state index contributed by atoms with van der Waals surface area (Å²) in [6.45, 7) is 2.71. The molecule has 0 bridgehead atoms. The molecule has 144 valence electrons. The van der Waals surface area contributed by atoms with Crippen molar-refractivity contribution in [2.45, 2.75) is 51.1 Å². The summed E-state index contributed by atoms with van der Waals surface area (Å²) in [4.78, 5) is 18.4. The van der Waals surface area contributed by atoms with Crippen molar-refractivity contribution in [2.24, 2.45) is 0 Å². The number of nitrogens with zero attached hydrogens (tertiary/aromatic N) is 2. The van der Waals surface area contributed by atoms with Crippen LogP contribution in [0.3, 0.4) is 0 Å². The van der Waals surface area contributed by atoms with Crippen molar-refractivity contribution in [1.82, 2.24) is 20.7 Å². The van der Waals surface area contributed by atoms with Crippen LogP contribution in [0.5, 0.6) is 0 Å². The Kier molecular flexibility index (Phi) is 6.96. The lowest BCUT2D eigenvalue weighted by Gasteiger charge is -2.17. The SMILES string of the molecule is Cc1ccc(C(=O)N(C)CCCCCC2CC(c3ccccc3)NN2)cn1. The van der Waals surface area contributed by atoms with E-state index in [4.69, 9.17) is 0 Å². The summed E-state index contributed by atoms with van der Waals surface area (Å²) >= 11 is 0. The molecule has 1 saturated heterocycles. The average molecular weight is 367 g/mol. The number of aryl methyl sites for hydroxylation is 1. The zero-order valence-electron chi connectivity index (χ0n) is 16.3. The third kappa shape index (κ3) is 5.62. The summed E-state index contributed by atoms with van der Waals surface area (Å²) in [5, 5.41) is 0. The minimum absolute atomic E-state index is 0.0508. The predicted molar refractivity (Wildman–Crippen MR) is 108 cm³/mol. The van der Waals surface area contributed by atoms with E-state index in [2.05, 4.69) is 46.2 Å². The van der Waals surface area contributed by atoms with Crippen LogP contribution in [0.2, 0.25) is 0 Å². The van der Waals surface area contributed by atoms with E-state index < -0.39 is 0 Å². The van der Waals surface area contributed by atoms with Crippen LogP contribution in [0.1, 0.15) is 59.8 Å². The lowest BCUT2D eigenvalue weighted by molar-refractivity contribution is 0.0792. The minimum atomic E-state index is 0.0508. The van der Waals surface area contributed by atoms with Crippen molar-refractivity contribution in [1.29, 1.82) is 0 Å². The molecule has 1 aromatic carbocycles. The number of pyridine rings is 1. The summed E-state index contributed by atoms with van der Waals surface area (Å²) in [5.74, 6) is 0.0508. The van der Waals surface area contributed by atoms with Crippen LogP contribution >= 0.6 is 0 Å².